The molecule has 0 unspecified atom stereocenters. The van der Waals surface area contributed by atoms with Gasteiger partial charge in [-0.1, -0.05) is 23.2 Å². The molecule has 0 spiro atoms. The van der Waals surface area contributed by atoms with Crippen molar-refractivity contribution in [3.8, 4) is 11.5 Å². The number of aromatic hydroxyl groups is 2. The van der Waals surface area contributed by atoms with Crippen LogP contribution in [0.5, 0.6) is 11.5 Å². The molecule has 1 fully saturated rings. The Balaban J connectivity index is 1.16. The van der Waals surface area contributed by atoms with Gasteiger partial charge >= 0.3 is 0 Å². The SMILES string of the molecule is Oc1c(CN2CCOCCOCCN(Cc3cc(Cl)c4cccnc4c3O)CCSCCOCCSCC2)cc(Cl)c2cccnc12. The lowest BCUT2D eigenvalue weighted by molar-refractivity contribution is 0.0308. The Kier molecular flexibility index (Phi) is 14.8. The van der Waals surface area contributed by atoms with Crippen molar-refractivity contribution >= 4 is 68.5 Å². The molecule has 1 saturated heterocycles. The number of phenols is 2. The van der Waals surface area contributed by atoms with Gasteiger partial charge in [0.25, 0.3) is 0 Å². The van der Waals surface area contributed by atoms with E-state index < -0.39 is 0 Å². The second kappa shape index (κ2) is 19.2. The summed E-state index contributed by atoms with van der Waals surface area (Å²) in [5.41, 5.74) is 2.54. The molecule has 1 aliphatic rings. The number of nitrogens with zero attached hydrogens (tertiary/aromatic N) is 4. The number of aromatic nitrogens is 2. The number of hydrogen-bond donors (Lipinski definition) is 2. The summed E-state index contributed by atoms with van der Waals surface area (Å²) >= 11 is 16.8. The Hall–Kier alpha value is -2.06. The van der Waals surface area contributed by atoms with Crippen molar-refractivity contribution in [1.82, 2.24) is 19.8 Å². The van der Waals surface area contributed by atoms with Crippen LogP contribution in [0.15, 0.2) is 48.8 Å². The van der Waals surface area contributed by atoms with E-state index in [9.17, 15) is 10.2 Å². The van der Waals surface area contributed by atoms with Gasteiger partial charge < -0.3 is 24.4 Å². The maximum atomic E-state index is 11.0. The smallest absolute Gasteiger partial charge is 0.146 e. The number of fused-ring (bicyclic) bond motifs is 2. The van der Waals surface area contributed by atoms with Crippen molar-refractivity contribution in [1.29, 1.82) is 0 Å². The molecule has 0 aliphatic carbocycles. The zero-order valence-corrected chi connectivity index (χ0v) is 29.6. The molecule has 0 atom stereocenters. The van der Waals surface area contributed by atoms with Crippen LogP contribution in [-0.4, -0.2) is 119 Å². The molecule has 13 heteroatoms. The number of phenolic OH excluding ortho intramolecular Hbond substituents is 2. The Morgan fingerprint density at radius 3 is 1.53 bits per heavy atom. The van der Waals surface area contributed by atoms with Crippen LogP contribution in [0.1, 0.15) is 11.1 Å². The average Bonchev–Trinajstić information content (AvgIpc) is 3.08. The minimum Gasteiger partial charge on any atom is -0.505 e. The topological polar surface area (TPSA) is 100 Å². The summed E-state index contributed by atoms with van der Waals surface area (Å²) in [6.07, 6.45) is 3.33. The molecule has 9 nitrogen and oxygen atoms in total. The van der Waals surface area contributed by atoms with Gasteiger partial charge in [0, 0.05) is 96.6 Å². The predicted molar refractivity (Wildman–Crippen MR) is 194 cm³/mol. The van der Waals surface area contributed by atoms with E-state index in [0.717, 1.165) is 58.0 Å². The van der Waals surface area contributed by atoms with E-state index in [1.54, 1.807) is 12.4 Å². The number of pyridine rings is 2. The lowest BCUT2D eigenvalue weighted by Gasteiger charge is -2.24. The Labute approximate surface area is 294 Å². The normalized spacial score (nSPS) is 18.3. The highest BCUT2D eigenvalue weighted by Crippen LogP contribution is 2.35. The molecule has 0 bridgehead atoms. The highest BCUT2D eigenvalue weighted by atomic mass is 35.5. The van der Waals surface area contributed by atoms with Gasteiger partial charge in [0.15, 0.2) is 0 Å². The van der Waals surface area contributed by atoms with Crippen LogP contribution in [0.2, 0.25) is 10.0 Å². The van der Waals surface area contributed by atoms with E-state index in [0.29, 0.717) is 86.9 Å². The van der Waals surface area contributed by atoms with Crippen molar-refractivity contribution < 1.29 is 24.4 Å². The standard InChI is InChI=1S/C34H42Cl2N4O5S2/c35-29-21-25(33(41)31-27(29)3-1-5-37-31)23-39-7-11-43-13-14-44-12-8-40(10-18-47-20-16-45-15-19-46-17-9-39)24-26-22-30(36)28-4-2-6-38-32(28)34(26)42/h1-6,21-22,41-42H,7-20,23-24H2. The van der Waals surface area contributed by atoms with Crippen molar-refractivity contribution in [2.75, 3.05) is 88.8 Å². The first kappa shape index (κ1) is 36.2. The van der Waals surface area contributed by atoms with Crippen molar-refractivity contribution in [2.24, 2.45) is 0 Å². The average molecular weight is 722 g/mol. The van der Waals surface area contributed by atoms with Gasteiger partial charge in [-0.3, -0.25) is 19.8 Å². The molecule has 4 aromatic rings. The highest BCUT2D eigenvalue weighted by Gasteiger charge is 2.17. The monoisotopic (exact) mass is 720 g/mol. The molecule has 5 rings (SSSR count). The Morgan fingerprint density at radius 2 is 1.06 bits per heavy atom. The fraction of sp³-hybridized carbons (Fsp3) is 0.471. The summed E-state index contributed by atoms with van der Waals surface area (Å²) in [4.78, 5) is 13.3. The van der Waals surface area contributed by atoms with Gasteiger partial charge in [0.05, 0.1) is 49.7 Å². The highest BCUT2D eigenvalue weighted by molar-refractivity contribution is 7.99. The third-order valence-corrected chi connectivity index (χ3v) is 10.4. The van der Waals surface area contributed by atoms with Crippen LogP contribution in [0.25, 0.3) is 21.8 Å². The molecule has 254 valence electrons. The van der Waals surface area contributed by atoms with E-state index in [1.165, 1.54) is 0 Å². The molecular weight excluding hydrogens is 679 g/mol. The van der Waals surface area contributed by atoms with Crippen LogP contribution in [0.3, 0.4) is 0 Å². The molecule has 0 radical (unpaired) electrons. The van der Waals surface area contributed by atoms with Crippen LogP contribution < -0.4 is 0 Å². The zero-order valence-electron chi connectivity index (χ0n) is 26.4. The summed E-state index contributed by atoms with van der Waals surface area (Å²) < 4.78 is 17.8. The maximum Gasteiger partial charge on any atom is 0.146 e. The molecule has 0 saturated carbocycles. The fourth-order valence-electron chi connectivity index (χ4n) is 5.38. The number of hydrogen-bond acceptors (Lipinski definition) is 11. The minimum absolute atomic E-state index is 0.172. The zero-order chi connectivity index (χ0) is 32.8. The second-order valence-electron chi connectivity index (χ2n) is 11.1. The first-order chi connectivity index (χ1) is 23.0. The lowest BCUT2D eigenvalue weighted by Crippen LogP contribution is -2.31. The van der Waals surface area contributed by atoms with Gasteiger partial charge in [-0.05, 0) is 36.4 Å². The number of thioether (sulfide) groups is 2. The van der Waals surface area contributed by atoms with Gasteiger partial charge in [-0.15, -0.1) is 0 Å². The van der Waals surface area contributed by atoms with Crippen LogP contribution in [-0.2, 0) is 27.3 Å². The quantitative estimate of drug-likeness (QED) is 0.247. The first-order valence-electron chi connectivity index (χ1n) is 15.8. The van der Waals surface area contributed by atoms with E-state index in [2.05, 4.69) is 19.8 Å². The van der Waals surface area contributed by atoms with Gasteiger partial charge in [-0.25, -0.2) is 0 Å². The summed E-state index contributed by atoms with van der Waals surface area (Å²) in [5.74, 6) is 4.06. The van der Waals surface area contributed by atoms with Crippen molar-refractivity contribution in [2.45, 2.75) is 13.1 Å². The number of halogens is 2. The molecule has 2 aromatic heterocycles. The van der Waals surface area contributed by atoms with Gasteiger partial charge in [0.2, 0.25) is 0 Å². The first-order valence-corrected chi connectivity index (χ1v) is 18.9. The second-order valence-corrected chi connectivity index (χ2v) is 14.4. The number of rotatable bonds is 4. The third kappa shape index (κ3) is 10.7. The lowest BCUT2D eigenvalue weighted by atomic mass is 10.1. The van der Waals surface area contributed by atoms with Crippen molar-refractivity contribution in [3.05, 3.63) is 70.0 Å². The summed E-state index contributed by atoms with van der Waals surface area (Å²) in [6.45, 7) is 7.61. The predicted octanol–water partition coefficient (Wildman–Crippen LogP) is 6.34. The Morgan fingerprint density at radius 1 is 0.617 bits per heavy atom. The fourth-order valence-corrected chi connectivity index (χ4v) is 7.60. The molecule has 0 amide bonds. The molecule has 47 heavy (non-hydrogen) atoms. The third-order valence-electron chi connectivity index (χ3n) is 7.90. The summed E-state index contributed by atoms with van der Waals surface area (Å²) in [5, 5.41) is 24.6. The van der Waals surface area contributed by atoms with Crippen molar-refractivity contribution in [3.63, 3.8) is 0 Å². The van der Waals surface area contributed by atoms with Crippen LogP contribution in [0, 0.1) is 0 Å². The molecule has 2 aromatic carbocycles. The van der Waals surface area contributed by atoms with E-state index in [-0.39, 0.29) is 11.5 Å². The number of ether oxygens (including phenoxy) is 3. The minimum atomic E-state index is 0.172. The van der Waals surface area contributed by atoms with Gasteiger partial charge in [0.1, 0.15) is 22.5 Å². The van der Waals surface area contributed by atoms with Crippen LogP contribution >= 0.6 is 46.7 Å². The van der Waals surface area contributed by atoms with E-state index >= 15 is 0 Å². The molecule has 2 N–H and O–H groups in total. The Bertz CT molecular complexity index is 1470. The van der Waals surface area contributed by atoms with E-state index in [1.807, 2.05) is 59.9 Å². The molecule has 1 aliphatic heterocycles. The molecule has 3 heterocycles. The summed E-state index contributed by atoms with van der Waals surface area (Å²) in [7, 11) is 0. The summed E-state index contributed by atoms with van der Waals surface area (Å²) in [6, 6.07) is 11.0. The van der Waals surface area contributed by atoms with E-state index in [4.69, 9.17) is 37.4 Å². The number of benzene rings is 2. The maximum absolute atomic E-state index is 11.0. The largest absolute Gasteiger partial charge is 0.505 e. The van der Waals surface area contributed by atoms with Gasteiger partial charge in [-0.2, -0.15) is 23.5 Å². The van der Waals surface area contributed by atoms with Crippen LogP contribution in [0.4, 0.5) is 0 Å². The molecular formula is C34H42Cl2N4O5S2.